The summed E-state index contributed by atoms with van der Waals surface area (Å²) in [6.07, 6.45) is 2.96. The van der Waals surface area contributed by atoms with Crippen LogP contribution in [0.15, 0.2) is 17.5 Å². The highest BCUT2D eigenvalue weighted by molar-refractivity contribution is 7.17. The Kier molecular flexibility index (Phi) is 4.92. The number of nitrogens with zero attached hydrogens (tertiary/aromatic N) is 1. The molecule has 0 aliphatic heterocycles. The number of carbonyl (C=O) groups is 2. The number of hydrogen-bond acceptors (Lipinski definition) is 6. The Bertz CT molecular complexity index is 692. The number of carbonyl (C=O) groups excluding carboxylic acids is 2. The van der Waals surface area contributed by atoms with Crippen LogP contribution in [0.2, 0.25) is 0 Å². The lowest BCUT2D eigenvalue weighted by molar-refractivity contribution is -0.126. The summed E-state index contributed by atoms with van der Waals surface area (Å²) in [5.74, 6) is -0.262. The first kappa shape index (κ1) is 15.9. The van der Waals surface area contributed by atoms with Crippen molar-refractivity contribution in [3.05, 3.63) is 22.4 Å². The van der Waals surface area contributed by atoms with Crippen LogP contribution in [-0.2, 0) is 16.0 Å². The van der Waals surface area contributed by atoms with E-state index in [4.69, 9.17) is 5.73 Å². The Morgan fingerprint density at radius 2 is 2.17 bits per heavy atom. The predicted octanol–water partition coefficient (Wildman–Crippen LogP) is 1.78. The number of hydrogen-bond donors (Lipinski definition) is 3. The third-order valence-electron chi connectivity index (χ3n) is 3.44. The molecular formula is C15H18N4O2S2. The molecule has 0 unspecified atom stereocenters. The minimum atomic E-state index is -0.139. The van der Waals surface area contributed by atoms with Gasteiger partial charge in [-0.25, -0.2) is 4.98 Å². The van der Waals surface area contributed by atoms with Gasteiger partial charge in [0.1, 0.15) is 0 Å². The first-order chi connectivity index (χ1) is 11.1. The van der Waals surface area contributed by atoms with Crippen LogP contribution >= 0.6 is 22.7 Å². The highest BCUT2D eigenvalue weighted by atomic mass is 32.1. The number of thiophene rings is 1. The van der Waals surface area contributed by atoms with Crippen molar-refractivity contribution in [1.29, 1.82) is 0 Å². The smallest absolute Gasteiger partial charge is 0.239 e. The van der Waals surface area contributed by atoms with Gasteiger partial charge in [-0.2, -0.15) is 0 Å². The van der Waals surface area contributed by atoms with Crippen LogP contribution in [0, 0.1) is 0 Å². The van der Waals surface area contributed by atoms with Crippen LogP contribution < -0.4 is 16.4 Å². The minimum Gasteiger partial charge on any atom is -0.375 e. The molecule has 1 aliphatic carbocycles. The van der Waals surface area contributed by atoms with Gasteiger partial charge in [0.25, 0.3) is 0 Å². The molecule has 2 heterocycles. The Balaban J connectivity index is 1.49. The number of nitrogens with two attached hydrogens (primary N) is 1. The van der Waals surface area contributed by atoms with Crippen molar-refractivity contribution in [3.63, 3.8) is 0 Å². The number of aromatic nitrogens is 1. The van der Waals surface area contributed by atoms with Gasteiger partial charge in [-0.1, -0.05) is 6.07 Å². The molecule has 0 atom stereocenters. The van der Waals surface area contributed by atoms with E-state index in [0.717, 1.165) is 28.3 Å². The third-order valence-corrected chi connectivity index (χ3v) is 5.26. The lowest BCUT2D eigenvalue weighted by Crippen LogP contribution is -2.37. The molecule has 1 fully saturated rings. The van der Waals surface area contributed by atoms with E-state index in [1.54, 1.807) is 11.3 Å². The normalized spacial score (nSPS) is 13.7. The monoisotopic (exact) mass is 350 g/mol. The summed E-state index contributed by atoms with van der Waals surface area (Å²) >= 11 is 3.01. The maximum atomic E-state index is 11.9. The number of nitrogens with one attached hydrogen (secondary N) is 2. The van der Waals surface area contributed by atoms with Crippen molar-refractivity contribution in [2.45, 2.75) is 31.7 Å². The van der Waals surface area contributed by atoms with Crippen molar-refractivity contribution in [1.82, 2.24) is 15.6 Å². The van der Waals surface area contributed by atoms with Gasteiger partial charge in [0.2, 0.25) is 11.8 Å². The van der Waals surface area contributed by atoms with Crippen molar-refractivity contribution >= 4 is 39.6 Å². The molecule has 1 saturated carbocycles. The summed E-state index contributed by atoms with van der Waals surface area (Å²) in [5, 5.41) is 7.98. The van der Waals surface area contributed by atoms with E-state index in [1.165, 1.54) is 11.3 Å². The molecule has 23 heavy (non-hydrogen) atoms. The summed E-state index contributed by atoms with van der Waals surface area (Å²) in [7, 11) is 0. The molecule has 2 aromatic heterocycles. The van der Waals surface area contributed by atoms with Crippen LogP contribution in [0.25, 0.3) is 10.6 Å². The second-order valence-electron chi connectivity index (χ2n) is 5.42. The van der Waals surface area contributed by atoms with Gasteiger partial charge in [-0.05, 0) is 30.7 Å². The fourth-order valence-corrected chi connectivity index (χ4v) is 3.80. The van der Waals surface area contributed by atoms with Crippen LogP contribution in [0.3, 0.4) is 0 Å². The standard InChI is InChI=1S/C15H18N4O2S2/c16-15-19-14(10-2-1-7-22-10)11(23-15)5-6-12(20)17-8-13(21)18-9-3-4-9/h1-2,7,9H,3-6,8H2,(H2,16,19)(H,17,20)(H,18,21). The lowest BCUT2D eigenvalue weighted by Gasteiger charge is -2.05. The molecule has 0 spiro atoms. The summed E-state index contributed by atoms with van der Waals surface area (Å²) in [6, 6.07) is 4.27. The zero-order valence-electron chi connectivity index (χ0n) is 12.5. The fourth-order valence-electron chi connectivity index (χ4n) is 2.15. The van der Waals surface area contributed by atoms with E-state index in [1.807, 2.05) is 17.5 Å². The second-order valence-corrected chi connectivity index (χ2v) is 7.48. The maximum absolute atomic E-state index is 11.9. The zero-order chi connectivity index (χ0) is 16.2. The molecule has 6 nitrogen and oxygen atoms in total. The van der Waals surface area contributed by atoms with Crippen LogP contribution in [-0.4, -0.2) is 29.4 Å². The number of thiazole rings is 1. The number of anilines is 1. The van der Waals surface area contributed by atoms with Gasteiger partial charge >= 0.3 is 0 Å². The topological polar surface area (TPSA) is 97.1 Å². The van der Waals surface area contributed by atoms with Crippen molar-refractivity contribution in [3.8, 4) is 10.6 Å². The third kappa shape index (κ3) is 4.52. The van der Waals surface area contributed by atoms with Gasteiger partial charge < -0.3 is 16.4 Å². The molecule has 0 saturated heterocycles. The summed E-state index contributed by atoms with van der Waals surface area (Å²) in [4.78, 5) is 29.8. The minimum absolute atomic E-state index is 0.0396. The average molecular weight is 350 g/mol. The molecular weight excluding hydrogens is 332 g/mol. The number of nitrogen functional groups attached to an aromatic ring is 1. The second kappa shape index (κ2) is 7.10. The Labute approximate surface area is 142 Å². The largest absolute Gasteiger partial charge is 0.375 e. The van der Waals surface area contributed by atoms with Crippen molar-refractivity contribution in [2.75, 3.05) is 12.3 Å². The SMILES string of the molecule is Nc1nc(-c2cccs2)c(CCC(=O)NCC(=O)NC2CC2)s1. The quantitative estimate of drug-likeness (QED) is 0.709. The van der Waals surface area contributed by atoms with Gasteiger partial charge in [0, 0.05) is 17.3 Å². The zero-order valence-corrected chi connectivity index (χ0v) is 14.1. The van der Waals surface area contributed by atoms with Crippen LogP contribution in [0.1, 0.15) is 24.1 Å². The van der Waals surface area contributed by atoms with Gasteiger partial charge in [-0.15, -0.1) is 22.7 Å². The molecule has 8 heteroatoms. The highest BCUT2D eigenvalue weighted by Crippen LogP contribution is 2.33. The van der Waals surface area contributed by atoms with E-state index in [-0.39, 0.29) is 18.4 Å². The Hall–Kier alpha value is -1.93. The molecule has 2 amide bonds. The number of rotatable bonds is 7. The van der Waals surface area contributed by atoms with Crippen LogP contribution in [0.4, 0.5) is 5.13 Å². The molecule has 2 aromatic rings. The first-order valence-corrected chi connectivity index (χ1v) is 9.16. The van der Waals surface area contributed by atoms with Crippen molar-refractivity contribution in [2.24, 2.45) is 0 Å². The van der Waals surface area contributed by atoms with E-state index in [0.29, 0.717) is 24.0 Å². The summed E-state index contributed by atoms with van der Waals surface area (Å²) in [6.45, 7) is 0.0396. The van der Waals surface area contributed by atoms with Crippen LogP contribution in [0.5, 0.6) is 0 Å². The lowest BCUT2D eigenvalue weighted by atomic mass is 10.2. The first-order valence-electron chi connectivity index (χ1n) is 7.47. The molecule has 1 aliphatic rings. The van der Waals surface area contributed by atoms with Crippen molar-refractivity contribution < 1.29 is 9.59 Å². The van der Waals surface area contributed by atoms with E-state index in [9.17, 15) is 9.59 Å². The number of amides is 2. The molecule has 4 N–H and O–H groups in total. The van der Waals surface area contributed by atoms with E-state index >= 15 is 0 Å². The van der Waals surface area contributed by atoms with E-state index < -0.39 is 0 Å². The molecule has 3 rings (SSSR count). The summed E-state index contributed by atoms with van der Waals surface area (Å²) in [5.41, 5.74) is 6.66. The van der Waals surface area contributed by atoms with E-state index in [2.05, 4.69) is 15.6 Å². The Morgan fingerprint density at radius 1 is 1.35 bits per heavy atom. The number of aryl methyl sites for hydroxylation is 1. The highest BCUT2D eigenvalue weighted by Gasteiger charge is 2.23. The van der Waals surface area contributed by atoms with Gasteiger partial charge in [0.15, 0.2) is 5.13 Å². The Morgan fingerprint density at radius 3 is 2.87 bits per heavy atom. The summed E-state index contributed by atoms with van der Waals surface area (Å²) < 4.78 is 0. The molecule has 122 valence electrons. The predicted molar refractivity (Wildman–Crippen MR) is 92.3 cm³/mol. The fraction of sp³-hybridized carbons (Fsp3) is 0.400. The van der Waals surface area contributed by atoms with Gasteiger partial charge in [0.05, 0.1) is 17.1 Å². The molecule has 0 radical (unpaired) electrons. The molecule has 0 aromatic carbocycles. The van der Waals surface area contributed by atoms with Gasteiger partial charge in [-0.3, -0.25) is 9.59 Å². The molecule has 0 bridgehead atoms. The maximum Gasteiger partial charge on any atom is 0.239 e. The average Bonchev–Trinajstić information content (AvgIpc) is 3.02.